The van der Waals surface area contributed by atoms with Gasteiger partial charge in [0.05, 0.1) is 0 Å². The molecule has 1 heterocycles. The van der Waals surface area contributed by atoms with E-state index in [0.29, 0.717) is 10.9 Å². The van der Waals surface area contributed by atoms with Gasteiger partial charge in [-0.2, -0.15) is 0 Å². The number of hydrogen-bond acceptors (Lipinski definition) is 2. The molecule has 1 aromatic carbocycles. The number of benzene rings is 1. The summed E-state index contributed by atoms with van der Waals surface area (Å²) in [5.41, 5.74) is 0.0617. The molecule has 1 N–H and O–H groups in total. The number of rotatable bonds is 3. The summed E-state index contributed by atoms with van der Waals surface area (Å²) in [6.07, 6.45) is 2.56. The van der Waals surface area contributed by atoms with Crippen LogP contribution in [0.5, 0.6) is 0 Å². The van der Waals surface area contributed by atoms with Crippen molar-refractivity contribution in [2.24, 2.45) is 0 Å². The first-order chi connectivity index (χ1) is 9.36. The van der Waals surface area contributed by atoms with Gasteiger partial charge in [-0.05, 0) is 57.4 Å². The van der Waals surface area contributed by atoms with E-state index in [1.54, 1.807) is 13.0 Å². The van der Waals surface area contributed by atoms with Crippen molar-refractivity contribution < 1.29 is 14.3 Å². The van der Waals surface area contributed by atoms with Gasteiger partial charge in [-0.25, -0.2) is 4.39 Å². The maximum Gasteiger partial charge on any atom is 0.323 e. The van der Waals surface area contributed by atoms with Crippen molar-refractivity contribution in [3.63, 3.8) is 0 Å². The number of carbonyl (C=O) groups is 1. The molecule has 2 unspecified atom stereocenters. The summed E-state index contributed by atoms with van der Waals surface area (Å²) in [5, 5.41) is 9.56. The lowest BCUT2D eigenvalue weighted by molar-refractivity contribution is -0.155. The molecule has 1 aromatic rings. The number of carboxylic acid groups (broad SMARTS) is 1. The van der Waals surface area contributed by atoms with E-state index in [1.807, 2.05) is 11.8 Å². The zero-order chi connectivity index (χ0) is 14.9. The smallest absolute Gasteiger partial charge is 0.323 e. The normalized spacial score (nSPS) is 25.4. The Morgan fingerprint density at radius 3 is 2.80 bits per heavy atom. The van der Waals surface area contributed by atoms with Crippen LogP contribution in [-0.2, 0) is 4.79 Å². The minimum absolute atomic E-state index is 0.0774. The van der Waals surface area contributed by atoms with Crippen LogP contribution >= 0.6 is 15.9 Å². The molecule has 110 valence electrons. The van der Waals surface area contributed by atoms with Gasteiger partial charge in [-0.1, -0.05) is 22.0 Å². The van der Waals surface area contributed by atoms with Gasteiger partial charge in [0.15, 0.2) is 0 Å². The Labute approximate surface area is 126 Å². The van der Waals surface area contributed by atoms with E-state index in [0.717, 1.165) is 24.9 Å². The first-order valence-corrected chi connectivity index (χ1v) is 7.60. The van der Waals surface area contributed by atoms with E-state index >= 15 is 0 Å². The van der Waals surface area contributed by atoms with Gasteiger partial charge in [0, 0.05) is 10.5 Å². The zero-order valence-corrected chi connectivity index (χ0v) is 13.3. The third-order valence-corrected chi connectivity index (χ3v) is 4.97. The van der Waals surface area contributed by atoms with Crippen molar-refractivity contribution in [3.05, 3.63) is 34.1 Å². The lowest BCUT2D eigenvalue weighted by atomic mass is 9.86. The Morgan fingerprint density at radius 1 is 1.50 bits per heavy atom. The third kappa shape index (κ3) is 2.74. The van der Waals surface area contributed by atoms with Gasteiger partial charge in [-0.15, -0.1) is 0 Å². The third-order valence-electron chi connectivity index (χ3n) is 4.29. The molecule has 0 bridgehead atoms. The summed E-state index contributed by atoms with van der Waals surface area (Å²) in [7, 11) is 0. The summed E-state index contributed by atoms with van der Waals surface area (Å²) >= 11 is 3.37. The standard InChI is InChI=1S/C15H19BrFNO2/c1-10(12-6-5-11(17)9-13(12)16)18-8-4-3-7-15(18,2)14(19)20/h5-6,9-10H,3-4,7-8H2,1-2H3,(H,19,20). The molecular formula is C15H19BrFNO2. The Kier molecular flexibility index (Phi) is 4.49. The van der Waals surface area contributed by atoms with E-state index in [4.69, 9.17) is 0 Å². The second-order valence-corrected chi connectivity index (χ2v) is 6.43. The van der Waals surface area contributed by atoms with E-state index in [-0.39, 0.29) is 11.9 Å². The number of piperidine rings is 1. The SMILES string of the molecule is CC(c1ccc(F)cc1Br)N1CCCCC1(C)C(=O)O. The van der Waals surface area contributed by atoms with E-state index < -0.39 is 11.5 Å². The molecule has 5 heteroatoms. The van der Waals surface area contributed by atoms with E-state index in [2.05, 4.69) is 15.9 Å². The predicted octanol–water partition coefficient (Wildman–Crippen LogP) is 3.98. The van der Waals surface area contributed by atoms with Gasteiger partial charge in [0.2, 0.25) is 0 Å². The fourth-order valence-corrected chi connectivity index (χ4v) is 3.68. The Balaban J connectivity index is 2.35. The number of aliphatic carboxylic acids is 1. The molecule has 0 spiro atoms. The van der Waals surface area contributed by atoms with Crippen molar-refractivity contribution in [3.8, 4) is 0 Å². The molecule has 0 radical (unpaired) electrons. The first kappa shape index (κ1) is 15.4. The fourth-order valence-electron chi connectivity index (χ4n) is 3.00. The molecule has 2 rings (SSSR count). The summed E-state index contributed by atoms with van der Waals surface area (Å²) < 4.78 is 13.9. The van der Waals surface area contributed by atoms with Crippen LogP contribution in [-0.4, -0.2) is 28.1 Å². The number of halogens is 2. The Bertz CT molecular complexity index is 523. The molecule has 1 aliphatic rings. The zero-order valence-electron chi connectivity index (χ0n) is 11.7. The highest BCUT2D eigenvalue weighted by atomic mass is 79.9. The molecule has 2 atom stereocenters. The summed E-state index contributed by atoms with van der Waals surface area (Å²) in [5.74, 6) is -1.09. The first-order valence-electron chi connectivity index (χ1n) is 6.81. The second-order valence-electron chi connectivity index (χ2n) is 5.57. The number of likely N-dealkylation sites (tertiary alicyclic amines) is 1. The van der Waals surface area contributed by atoms with Gasteiger partial charge in [0.1, 0.15) is 11.4 Å². The molecule has 20 heavy (non-hydrogen) atoms. The van der Waals surface area contributed by atoms with Crippen molar-refractivity contribution in [2.45, 2.75) is 44.7 Å². The second kappa shape index (κ2) is 5.82. The van der Waals surface area contributed by atoms with Crippen LogP contribution < -0.4 is 0 Å². The predicted molar refractivity (Wildman–Crippen MR) is 79.1 cm³/mol. The van der Waals surface area contributed by atoms with Crippen LogP contribution in [0.15, 0.2) is 22.7 Å². The van der Waals surface area contributed by atoms with Gasteiger partial charge < -0.3 is 5.11 Å². The van der Waals surface area contributed by atoms with Crippen molar-refractivity contribution in [1.82, 2.24) is 4.90 Å². The average molecular weight is 344 g/mol. The Hall–Kier alpha value is -0.940. The van der Waals surface area contributed by atoms with Gasteiger partial charge >= 0.3 is 5.97 Å². The molecule has 0 aromatic heterocycles. The lowest BCUT2D eigenvalue weighted by Gasteiger charge is -2.45. The maximum absolute atomic E-state index is 13.2. The molecule has 0 saturated carbocycles. The topological polar surface area (TPSA) is 40.5 Å². The number of hydrogen-bond donors (Lipinski definition) is 1. The summed E-state index contributed by atoms with van der Waals surface area (Å²) in [6, 6.07) is 4.49. The van der Waals surface area contributed by atoms with Crippen molar-refractivity contribution >= 4 is 21.9 Å². The van der Waals surface area contributed by atoms with Gasteiger partial charge in [0.25, 0.3) is 0 Å². The molecule has 1 saturated heterocycles. The molecule has 0 amide bonds. The summed E-state index contributed by atoms with van der Waals surface area (Å²) in [6.45, 7) is 4.50. The lowest BCUT2D eigenvalue weighted by Crippen LogP contribution is -2.55. The van der Waals surface area contributed by atoms with E-state index in [9.17, 15) is 14.3 Å². The van der Waals surface area contributed by atoms with Crippen LogP contribution in [0.1, 0.15) is 44.7 Å². The largest absolute Gasteiger partial charge is 0.480 e. The van der Waals surface area contributed by atoms with E-state index in [1.165, 1.54) is 12.1 Å². The highest BCUT2D eigenvalue weighted by molar-refractivity contribution is 9.10. The molecule has 1 aliphatic heterocycles. The monoisotopic (exact) mass is 343 g/mol. The number of carboxylic acids is 1. The molecule has 3 nitrogen and oxygen atoms in total. The minimum Gasteiger partial charge on any atom is -0.480 e. The molecule has 1 fully saturated rings. The summed E-state index contributed by atoms with van der Waals surface area (Å²) in [4.78, 5) is 13.7. The van der Waals surface area contributed by atoms with Crippen LogP contribution in [0.2, 0.25) is 0 Å². The quantitative estimate of drug-likeness (QED) is 0.902. The van der Waals surface area contributed by atoms with Crippen LogP contribution in [0.25, 0.3) is 0 Å². The Morgan fingerprint density at radius 2 is 2.20 bits per heavy atom. The van der Waals surface area contributed by atoms with Crippen LogP contribution in [0, 0.1) is 5.82 Å². The van der Waals surface area contributed by atoms with Crippen molar-refractivity contribution in [1.29, 1.82) is 0 Å². The average Bonchev–Trinajstić information content (AvgIpc) is 2.38. The highest BCUT2D eigenvalue weighted by Gasteiger charge is 2.43. The minimum atomic E-state index is -0.856. The van der Waals surface area contributed by atoms with Crippen LogP contribution in [0.3, 0.4) is 0 Å². The van der Waals surface area contributed by atoms with Gasteiger partial charge in [-0.3, -0.25) is 9.69 Å². The molecule has 0 aliphatic carbocycles. The highest BCUT2D eigenvalue weighted by Crippen LogP contribution is 2.38. The maximum atomic E-state index is 13.2. The van der Waals surface area contributed by atoms with Crippen molar-refractivity contribution in [2.75, 3.05) is 6.54 Å². The fraction of sp³-hybridized carbons (Fsp3) is 0.533. The van der Waals surface area contributed by atoms with Crippen LogP contribution in [0.4, 0.5) is 4.39 Å². The molecular weight excluding hydrogens is 325 g/mol. The number of nitrogens with zero attached hydrogens (tertiary/aromatic N) is 1.